The zero-order chi connectivity index (χ0) is 15.6. The second-order valence-corrected chi connectivity index (χ2v) is 5.67. The van der Waals surface area contributed by atoms with Gasteiger partial charge in [0.1, 0.15) is 5.82 Å². The molecule has 7 heteroatoms. The van der Waals surface area contributed by atoms with Crippen LogP contribution in [0.1, 0.15) is 12.6 Å². The number of aromatic nitrogens is 2. The fourth-order valence-corrected chi connectivity index (χ4v) is 2.87. The molecule has 0 unspecified atom stereocenters. The van der Waals surface area contributed by atoms with Crippen molar-refractivity contribution in [2.24, 2.45) is 0 Å². The standard InChI is InChI=1S/C14H15ClIN3O2/c1-4-8-11(16)13(17)19-14(18-8)7-5-6-9(20-2)12(21-3)10(7)15/h5-6H,4H2,1-3H3,(H2,17,18,19). The van der Waals surface area contributed by atoms with Gasteiger partial charge in [-0.05, 0) is 41.1 Å². The van der Waals surface area contributed by atoms with Crippen LogP contribution in [0.3, 0.4) is 0 Å². The topological polar surface area (TPSA) is 70.3 Å². The highest BCUT2D eigenvalue weighted by Gasteiger charge is 2.18. The van der Waals surface area contributed by atoms with E-state index in [0.29, 0.717) is 33.7 Å². The largest absolute Gasteiger partial charge is 0.493 e. The Balaban J connectivity index is 2.65. The van der Waals surface area contributed by atoms with E-state index in [0.717, 1.165) is 15.7 Å². The highest BCUT2D eigenvalue weighted by molar-refractivity contribution is 14.1. The third-order valence-electron chi connectivity index (χ3n) is 3.01. The smallest absolute Gasteiger partial charge is 0.180 e. The molecular formula is C14H15ClIN3O2. The predicted molar refractivity (Wildman–Crippen MR) is 92.1 cm³/mol. The summed E-state index contributed by atoms with van der Waals surface area (Å²) in [7, 11) is 3.09. The number of nitrogens with two attached hydrogens (primary N) is 1. The molecular weight excluding hydrogens is 405 g/mol. The number of ether oxygens (including phenoxy) is 2. The van der Waals surface area contributed by atoms with Gasteiger partial charge in [0.15, 0.2) is 17.3 Å². The van der Waals surface area contributed by atoms with Gasteiger partial charge in [-0.1, -0.05) is 18.5 Å². The summed E-state index contributed by atoms with van der Waals surface area (Å²) in [5, 5.41) is 0.402. The van der Waals surface area contributed by atoms with E-state index in [4.69, 9.17) is 26.8 Å². The van der Waals surface area contributed by atoms with Gasteiger partial charge in [-0.25, -0.2) is 9.97 Å². The molecule has 0 amide bonds. The van der Waals surface area contributed by atoms with E-state index in [1.165, 1.54) is 7.11 Å². The van der Waals surface area contributed by atoms with E-state index >= 15 is 0 Å². The number of nitrogen functional groups attached to an aromatic ring is 1. The molecule has 112 valence electrons. The maximum absolute atomic E-state index is 6.39. The summed E-state index contributed by atoms with van der Waals surface area (Å²) in [4.78, 5) is 8.86. The van der Waals surface area contributed by atoms with Crippen molar-refractivity contribution < 1.29 is 9.47 Å². The Morgan fingerprint density at radius 2 is 1.95 bits per heavy atom. The first-order valence-electron chi connectivity index (χ1n) is 6.26. The fourth-order valence-electron chi connectivity index (χ4n) is 1.93. The molecule has 0 spiro atoms. The lowest BCUT2D eigenvalue weighted by Gasteiger charge is -2.13. The van der Waals surface area contributed by atoms with Crippen molar-refractivity contribution in [3.05, 3.63) is 26.4 Å². The maximum atomic E-state index is 6.39. The Bertz CT molecular complexity index is 680. The lowest BCUT2D eigenvalue weighted by molar-refractivity contribution is 0.355. The van der Waals surface area contributed by atoms with Crippen LogP contribution in [0, 0.1) is 3.57 Å². The third kappa shape index (κ3) is 3.01. The summed E-state index contributed by atoms with van der Waals surface area (Å²) in [6.07, 6.45) is 0.767. The summed E-state index contributed by atoms with van der Waals surface area (Å²) in [6.45, 7) is 2.02. The summed E-state index contributed by atoms with van der Waals surface area (Å²) < 4.78 is 11.4. The molecule has 21 heavy (non-hydrogen) atoms. The van der Waals surface area contributed by atoms with Gasteiger partial charge in [0.25, 0.3) is 0 Å². The Morgan fingerprint density at radius 1 is 1.24 bits per heavy atom. The Labute approximate surface area is 142 Å². The van der Waals surface area contributed by atoms with Gasteiger partial charge in [-0.2, -0.15) is 0 Å². The average molecular weight is 420 g/mol. The normalized spacial score (nSPS) is 10.5. The first-order valence-corrected chi connectivity index (χ1v) is 7.71. The van der Waals surface area contributed by atoms with Crippen molar-refractivity contribution in [1.82, 2.24) is 9.97 Å². The molecule has 0 saturated carbocycles. The van der Waals surface area contributed by atoms with E-state index in [-0.39, 0.29) is 0 Å². The Hall–Kier alpha value is -1.28. The summed E-state index contributed by atoms with van der Waals surface area (Å²) in [6, 6.07) is 3.56. The van der Waals surface area contributed by atoms with Crippen molar-refractivity contribution in [2.45, 2.75) is 13.3 Å². The van der Waals surface area contributed by atoms with E-state index < -0.39 is 0 Å². The van der Waals surface area contributed by atoms with Gasteiger partial charge in [-0.15, -0.1) is 0 Å². The van der Waals surface area contributed by atoms with Gasteiger partial charge in [0.05, 0.1) is 28.5 Å². The molecule has 5 nitrogen and oxygen atoms in total. The predicted octanol–water partition coefficient (Wildman–Crippen LogP) is 3.56. The van der Waals surface area contributed by atoms with Crippen molar-refractivity contribution in [3.63, 3.8) is 0 Å². The summed E-state index contributed by atoms with van der Waals surface area (Å²) in [5.41, 5.74) is 7.51. The number of hydrogen-bond acceptors (Lipinski definition) is 5. The second-order valence-electron chi connectivity index (χ2n) is 4.21. The molecule has 1 aromatic heterocycles. The average Bonchev–Trinajstić information content (AvgIpc) is 2.49. The van der Waals surface area contributed by atoms with Crippen LogP contribution in [-0.4, -0.2) is 24.2 Å². The van der Waals surface area contributed by atoms with Gasteiger partial charge in [0.2, 0.25) is 0 Å². The lowest BCUT2D eigenvalue weighted by Crippen LogP contribution is -2.05. The van der Waals surface area contributed by atoms with Crippen LogP contribution in [0.5, 0.6) is 11.5 Å². The van der Waals surface area contributed by atoms with Crippen LogP contribution in [0.15, 0.2) is 12.1 Å². The van der Waals surface area contributed by atoms with Crippen LogP contribution >= 0.6 is 34.2 Å². The van der Waals surface area contributed by atoms with E-state index in [1.54, 1.807) is 19.2 Å². The van der Waals surface area contributed by atoms with E-state index in [2.05, 4.69) is 32.6 Å². The number of aryl methyl sites for hydroxylation is 1. The number of nitrogens with zero attached hydrogens (tertiary/aromatic N) is 2. The van der Waals surface area contributed by atoms with Crippen molar-refractivity contribution in [3.8, 4) is 22.9 Å². The Kier molecular flexibility index (Phi) is 5.10. The van der Waals surface area contributed by atoms with Gasteiger partial charge >= 0.3 is 0 Å². The molecule has 0 atom stereocenters. The number of hydrogen-bond donors (Lipinski definition) is 1. The van der Waals surface area contributed by atoms with Crippen molar-refractivity contribution in [1.29, 1.82) is 0 Å². The molecule has 0 bridgehead atoms. The summed E-state index contributed by atoms with van der Waals surface area (Å²) in [5.74, 6) is 1.94. The molecule has 0 aliphatic rings. The molecule has 2 rings (SSSR count). The quantitative estimate of drug-likeness (QED) is 0.767. The Morgan fingerprint density at radius 3 is 2.52 bits per heavy atom. The number of rotatable bonds is 4. The first kappa shape index (κ1) is 16.1. The molecule has 0 aliphatic heterocycles. The van der Waals surface area contributed by atoms with Crippen LogP contribution in [0.2, 0.25) is 5.02 Å². The number of benzene rings is 1. The van der Waals surface area contributed by atoms with Crippen LogP contribution in [-0.2, 0) is 6.42 Å². The maximum Gasteiger partial charge on any atom is 0.180 e. The molecule has 2 N–H and O–H groups in total. The molecule has 2 aromatic rings. The highest BCUT2D eigenvalue weighted by Crippen LogP contribution is 2.41. The van der Waals surface area contributed by atoms with Gasteiger partial charge in [0, 0.05) is 5.56 Å². The zero-order valence-corrected chi connectivity index (χ0v) is 14.8. The van der Waals surface area contributed by atoms with Crippen LogP contribution in [0.25, 0.3) is 11.4 Å². The first-order chi connectivity index (χ1) is 10.0. The second kappa shape index (κ2) is 6.65. The molecule has 0 radical (unpaired) electrons. The molecule has 0 aliphatic carbocycles. The van der Waals surface area contributed by atoms with Crippen molar-refractivity contribution >= 4 is 40.0 Å². The minimum absolute atomic E-state index is 0.402. The number of halogens is 2. The molecule has 1 aromatic carbocycles. The van der Waals surface area contributed by atoms with Crippen molar-refractivity contribution in [2.75, 3.05) is 20.0 Å². The number of methoxy groups -OCH3 is 2. The van der Waals surface area contributed by atoms with E-state index in [9.17, 15) is 0 Å². The number of anilines is 1. The monoisotopic (exact) mass is 419 g/mol. The SMILES string of the molecule is CCc1nc(-c2ccc(OC)c(OC)c2Cl)nc(N)c1I. The minimum Gasteiger partial charge on any atom is -0.493 e. The van der Waals surface area contributed by atoms with Crippen LogP contribution in [0.4, 0.5) is 5.82 Å². The lowest BCUT2D eigenvalue weighted by atomic mass is 10.1. The van der Waals surface area contributed by atoms with Gasteiger partial charge < -0.3 is 15.2 Å². The van der Waals surface area contributed by atoms with Crippen LogP contribution < -0.4 is 15.2 Å². The fraction of sp³-hybridized carbons (Fsp3) is 0.286. The molecule has 1 heterocycles. The zero-order valence-electron chi connectivity index (χ0n) is 11.9. The summed E-state index contributed by atoms with van der Waals surface area (Å²) >= 11 is 8.53. The molecule has 0 saturated heterocycles. The third-order valence-corrected chi connectivity index (χ3v) is 4.56. The molecule has 0 fully saturated rings. The highest BCUT2D eigenvalue weighted by atomic mass is 127. The minimum atomic E-state index is 0.402. The van der Waals surface area contributed by atoms with E-state index in [1.807, 2.05) is 6.92 Å². The van der Waals surface area contributed by atoms with Gasteiger partial charge in [-0.3, -0.25) is 0 Å².